The van der Waals surface area contributed by atoms with Crippen LogP contribution in [0.2, 0.25) is 0 Å². The molecule has 1 amide bonds. The first-order valence-electron chi connectivity index (χ1n) is 5.65. The Balaban J connectivity index is 0.00000361. The Morgan fingerprint density at radius 3 is 2.65 bits per heavy atom. The summed E-state index contributed by atoms with van der Waals surface area (Å²) in [6.45, 7) is -0.833. The van der Waals surface area contributed by atoms with Gasteiger partial charge in [0.25, 0.3) is 0 Å². The Kier molecular flexibility index (Phi) is 8.02. The fourth-order valence-corrected chi connectivity index (χ4v) is 1.29. The van der Waals surface area contributed by atoms with E-state index in [-0.39, 0.29) is 30.5 Å². The Bertz CT molecular complexity index is 427. The average Bonchev–Trinajstić information content (AvgIpc) is 2.33. The third kappa shape index (κ3) is 7.85. The van der Waals surface area contributed by atoms with Gasteiger partial charge in [0.05, 0.1) is 0 Å². The number of ether oxygens (including phenoxy) is 1. The van der Waals surface area contributed by atoms with Crippen molar-refractivity contribution in [3.63, 3.8) is 0 Å². The van der Waals surface area contributed by atoms with Gasteiger partial charge in [0.15, 0.2) is 6.61 Å². The number of halogens is 4. The molecule has 8 heteroatoms. The lowest BCUT2D eigenvalue weighted by atomic mass is 10.3. The van der Waals surface area contributed by atoms with Gasteiger partial charge >= 0.3 is 6.18 Å². The first-order valence-corrected chi connectivity index (χ1v) is 5.65. The third-order valence-corrected chi connectivity index (χ3v) is 2.12. The van der Waals surface area contributed by atoms with E-state index in [4.69, 9.17) is 0 Å². The molecule has 0 radical (unpaired) electrons. The van der Waals surface area contributed by atoms with E-state index in [1.807, 2.05) is 0 Å². The second-order valence-electron chi connectivity index (χ2n) is 3.83. The number of anilines is 1. The predicted molar refractivity (Wildman–Crippen MR) is 72.4 cm³/mol. The molecule has 0 fully saturated rings. The van der Waals surface area contributed by atoms with Gasteiger partial charge in [-0.3, -0.25) is 4.79 Å². The molecule has 0 heterocycles. The van der Waals surface area contributed by atoms with Crippen molar-refractivity contribution in [1.29, 1.82) is 0 Å². The van der Waals surface area contributed by atoms with Crippen molar-refractivity contribution in [2.75, 3.05) is 25.5 Å². The molecule has 0 aliphatic carbocycles. The minimum absolute atomic E-state index is 0. The second-order valence-corrected chi connectivity index (χ2v) is 3.83. The van der Waals surface area contributed by atoms with Crippen molar-refractivity contribution in [2.45, 2.75) is 12.6 Å². The summed E-state index contributed by atoms with van der Waals surface area (Å²) in [5, 5.41) is 5.40. The largest absolute Gasteiger partial charge is 0.484 e. The summed E-state index contributed by atoms with van der Waals surface area (Å²) in [5.74, 6) is -0.161. The molecule has 1 rings (SSSR count). The maximum atomic E-state index is 12.0. The molecule has 1 aromatic rings. The molecule has 0 atom stereocenters. The quantitative estimate of drug-likeness (QED) is 0.849. The van der Waals surface area contributed by atoms with Crippen molar-refractivity contribution in [3.8, 4) is 5.75 Å². The van der Waals surface area contributed by atoms with E-state index >= 15 is 0 Å². The molecule has 0 unspecified atom stereocenters. The summed E-state index contributed by atoms with van der Waals surface area (Å²) in [7, 11) is 1.72. The monoisotopic (exact) mass is 312 g/mol. The summed E-state index contributed by atoms with van der Waals surface area (Å²) >= 11 is 0. The molecule has 0 saturated carbocycles. The van der Waals surface area contributed by atoms with Crippen LogP contribution < -0.4 is 15.4 Å². The summed E-state index contributed by atoms with van der Waals surface area (Å²) in [6, 6.07) is 5.84. The highest BCUT2D eigenvalue weighted by Crippen LogP contribution is 2.21. The van der Waals surface area contributed by atoms with Crippen molar-refractivity contribution < 1.29 is 22.7 Å². The molecule has 2 N–H and O–H groups in total. The van der Waals surface area contributed by atoms with Gasteiger partial charge in [-0.1, -0.05) is 6.07 Å². The van der Waals surface area contributed by atoms with Gasteiger partial charge in [0, 0.05) is 24.7 Å². The first-order chi connectivity index (χ1) is 8.90. The molecule has 0 saturated heterocycles. The van der Waals surface area contributed by atoms with E-state index in [1.165, 1.54) is 18.2 Å². The van der Waals surface area contributed by atoms with E-state index in [2.05, 4.69) is 15.4 Å². The fourth-order valence-electron chi connectivity index (χ4n) is 1.29. The van der Waals surface area contributed by atoms with Crippen molar-refractivity contribution in [1.82, 2.24) is 5.32 Å². The number of amides is 1. The zero-order valence-electron chi connectivity index (χ0n) is 10.8. The van der Waals surface area contributed by atoms with Crippen LogP contribution in [0.4, 0.5) is 18.9 Å². The Labute approximate surface area is 121 Å². The molecule has 0 aliphatic rings. The van der Waals surface area contributed by atoms with E-state index < -0.39 is 12.8 Å². The smallest absolute Gasteiger partial charge is 0.422 e. The van der Waals surface area contributed by atoms with Gasteiger partial charge in [0.2, 0.25) is 5.91 Å². The lowest BCUT2D eigenvalue weighted by molar-refractivity contribution is -0.153. The Morgan fingerprint density at radius 2 is 2.05 bits per heavy atom. The molecule has 0 aromatic heterocycles. The molecule has 20 heavy (non-hydrogen) atoms. The molecule has 0 spiro atoms. The lowest BCUT2D eigenvalue weighted by Crippen LogP contribution is -2.20. The van der Waals surface area contributed by atoms with Crippen LogP contribution in [-0.4, -0.2) is 32.3 Å². The van der Waals surface area contributed by atoms with Crippen LogP contribution in [-0.2, 0) is 4.79 Å². The number of rotatable bonds is 6. The maximum absolute atomic E-state index is 12.0. The van der Waals surface area contributed by atoms with E-state index in [0.717, 1.165) is 0 Å². The molecular formula is C12H16ClF3N2O2. The second kappa shape index (κ2) is 8.65. The van der Waals surface area contributed by atoms with E-state index in [9.17, 15) is 18.0 Å². The summed E-state index contributed by atoms with van der Waals surface area (Å²) in [4.78, 5) is 11.4. The maximum Gasteiger partial charge on any atom is 0.422 e. The Hall–Kier alpha value is -1.47. The van der Waals surface area contributed by atoms with Gasteiger partial charge in [-0.05, 0) is 19.2 Å². The average molecular weight is 313 g/mol. The van der Waals surface area contributed by atoms with Crippen molar-refractivity contribution >= 4 is 24.0 Å². The topological polar surface area (TPSA) is 50.4 Å². The fraction of sp³-hybridized carbons (Fsp3) is 0.417. The van der Waals surface area contributed by atoms with Gasteiger partial charge in [-0.25, -0.2) is 0 Å². The van der Waals surface area contributed by atoms with Crippen LogP contribution in [0.3, 0.4) is 0 Å². The van der Waals surface area contributed by atoms with Crippen LogP contribution in [0, 0.1) is 0 Å². The first kappa shape index (κ1) is 18.5. The van der Waals surface area contributed by atoms with Gasteiger partial charge in [0.1, 0.15) is 5.75 Å². The highest BCUT2D eigenvalue weighted by atomic mass is 35.5. The van der Waals surface area contributed by atoms with Crippen LogP contribution >= 0.6 is 12.4 Å². The van der Waals surface area contributed by atoms with Crippen LogP contribution in [0.1, 0.15) is 6.42 Å². The van der Waals surface area contributed by atoms with Crippen molar-refractivity contribution in [3.05, 3.63) is 24.3 Å². The number of carbonyl (C=O) groups is 1. The molecular weight excluding hydrogens is 297 g/mol. The summed E-state index contributed by atoms with van der Waals surface area (Å²) in [6.07, 6.45) is -4.10. The predicted octanol–water partition coefficient (Wildman–Crippen LogP) is 2.60. The minimum Gasteiger partial charge on any atom is -0.484 e. The van der Waals surface area contributed by atoms with Gasteiger partial charge in [-0.15, -0.1) is 12.4 Å². The number of nitrogens with one attached hydrogen (secondary N) is 2. The van der Waals surface area contributed by atoms with E-state index in [1.54, 1.807) is 13.1 Å². The van der Waals surface area contributed by atoms with Crippen LogP contribution in [0.15, 0.2) is 24.3 Å². The lowest BCUT2D eigenvalue weighted by Gasteiger charge is -2.10. The molecule has 0 aliphatic heterocycles. The zero-order valence-corrected chi connectivity index (χ0v) is 11.6. The number of hydrogen-bond acceptors (Lipinski definition) is 3. The van der Waals surface area contributed by atoms with Gasteiger partial charge < -0.3 is 15.4 Å². The number of hydrogen-bond donors (Lipinski definition) is 2. The normalized spacial score (nSPS) is 10.6. The highest BCUT2D eigenvalue weighted by molar-refractivity contribution is 5.90. The summed E-state index contributed by atoms with van der Waals surface area (Å²) in [5.41, 5.74) is 0.403. The SMILES string of the molecule is CNCCC(=O)Nc1cccc(OCC(F)(F)F)c1.Cl. The van der Waals surface area contributed by atoms with Crippen LogP contribution in [0.5, 0.6) is 5.75 Å². The molecule has 4 nitrogen and oxygen atoms in total. The number of carbonyl (C=O) groups excluding carboxylic acids is 1. The summed E-state index contributed by atoms with van der Waals surface area (Å²) < 4.78 is 40.6. The molecule has 0 bridgehead atoms. The molecule has 114 valence electrons. The standard InChI is InChI=1S/C12H15F3N2O2.ClH/c1-16-6-5-11(18)17-9-3-2-4-10(7-9)19-8-12(13,14)15;/h2-4,7,16H,5-6,8H2,1H3,(H,17,18);1H. The van der Waals surface area contributed by atoms with Crippen LogP contribution in [0.25, 0.3) is 0 Å². The third-order valence-electron chi connectivity index (χ3n) is 2.12. The Morgan fingerprint density at radius 1 is 1.35 bits per heavy atom. The highest BCUT2D eigenvalue weighted by Gasteiger charge is 2.28. The van der Waals surface area contributed by atoms with Crippen molar-refractivity contribution in [2.24, 2.45) is 0 Å². The zero-order chi connectivity index (χ0) is 14.3. The number of alkyl halides is 3. The van der Waals surface area contributed by atoms with Gasteiger partial charge in [-0.2, -0.15) is 13.2 Å². The van der Waals surface area contributed by atoms with E-state index in [0.29, 0.717) is 12.2 Å². The number of benzene rings is 1. The molecule has 1 aromatic carbocycles. The minimum atomic E-state index is -4.38.